The number of ether oxygens (including phenoxy) is 1. The van der Waals surface area contributed by atoms with E-state index in [1.807, 2.05) is 36.4 Å². The van der Waals surface area contributed by atoms with Gasteiger partial charge in [0.05, 0.1) is 31.0 Å². The quantitative estimate of drug-likeness (QED) is 0.782. The number of anilines is 2. The first-order valence-electron chi connectivity index (χ1n) is 8.30. The minimum Gasteiger partial charge on any atom is -0.378 e. The van der Waals surface area contributed by atoms with Crippen LogP contribution in [0.2, 0.25) is 5.02 Å². The molecule has 1 saturated heterocycles. The molecule has 0 bridgehead atoms. The van der Waals surface area contributed by atoms with Gasteiger partial charge in [0.1, 0.15) is 5.84 Å². The predicted octanol–water partition coefficient (Wildman–Crippen LogP) is 3.77. The van der Waals surface area contributed by atoms with Gasteiger partial charge in [-0.15, -0.1) is 0 Å². The fourth-order valence-corrected chi connectivity index (χ4v) is 3.33. The van der Waals surface area contributed by atoms with Crippen molar-refractivity contribution in [2.75, 3.05) is 31.2 Å². The first kappa shape index (κ1) is 16.1. The zero-order valence-corrected chi connectivity index (χ0v) is 14.4. The van der Waals surface area contributed by atoms with E-state index in [2.05, 4.69) is 4.90 Å². The topological polar surface area (TPSA) is 45.1 Å². The maximum atomic E-state index is 13.1. The molecule has 0 unspecified atom stereocenters. The Hall–Kier alpha value is -2.37. The summed E-state index contributed by atoms with van der Waals surface area (Å²) in [5.74, 6) is 0.771. The lowest BCUT2D eigenvalue weighted by atomic mass is 10.2. The van der Waals surface area contributed by atoms with E-state index in [4.69, 9.17) is 21.3 Å². The molecule has 2 aromatic carbocycles. The number of carbonyl (C=O) groups excluding carboxylic acids is 1. The van der Waals surface area contributed by atoms with Gasteiger partial charge in [0.2, 0.25) is 5.91 Å². The number of nitrogens with zero attached hydrogens (tertiary/aromatic N) is 3. The maximum Gasteiger partial charge on any atom is 0.239 e. The summed E-state index contributed by atoms with van der Waals surface area (Å²) in [7, 11) is 0. The molecule has 0 saturated carbocycles. The number of halogens is 1. The summed E-state index contributed by atoms with van der Waals surface area (Å²) in [5.41, 5.74) is 2.28. The Morgan fingerprint density at radius 3 is 2.56 bits per heavy atom. The number of aliphatic imine (C=N–C) groups is 1. The molecular formula is C19H18ClN3O2. The minimum atomic E-state index is -0.0162. The molecular weight excluding hydrogens is 338 g/mol. The van der Waals surface area contributed by atoms with Crippen LogP contribution in [0, 0.1) is 0 Å². The normalized spacial score (nSPS) is 17.8. The highest BCUT2D eigenvalue weighted by atomic mass is 35.5. The summed E-state index contributed by atoms with van der Waals surface area (Å²) in [6, 6.07) is 15.1. The number of amides is 1. The monoisotopic (exact) mass is 355 g/mol. The molecule has 0 N–H and O–H groups in total. The molecule has 1 amide bonds. The Bertz CT molecular complexity index is 817. The van der Waals surface area contributed by atoms with Gasteiger partial charge in [0.15, 0.2) is 0 Å². The number of hydrogen-bond donors (Lipinski definition) is 0. The molecule has 0 spiro atoms. The second-order valence-electron chi connectivity index (χ2n) is 6.00. The number of hydrogen-bond acceptors (Lipinski definition) is 4. The molecule has 6 heteroatoms. The molecule has 0 atom stereocenters. The van der Waals surface area contributed by atoms with Crippen LogP contribution in [0.4, 0.5) is 17.1 Å². The van der Waals surface area contributed by atoms with E-state index in [1.165, 1.54) is 0 Å². The van der Waals surface area contributed by atoms with Gasteiger partial charge < -0.3 is 9.64 Å². The third-order valence-electron chi connectivity index (χ3n) is 4.38. The zero-order valence-electron chi connectivity index (χ0n) is 13.7. The number of fused-ring (bicyclic) bond motifs is 1. The van der Waals surface area contributed by atoms with E-state index in [9.17, 15) is 4.79 Å². The van der Waals surface area contributed by atoms with Crippen molar-refractivity contribution in [1.29, 1.82) is 0 Å². The third-order valence-corrected chi connectivity index (χ3v) is 4.61. The molecule has 2 aromatic rings. The number of morpholine rings is 1. The Labute approximate surface area is 151 Å². The van der Waals surface area contributed by atoms with Gasteiger partial charge in [-0.2, -0.15) is 0 Å². The van der Waals surface area contributed by atoms with Gasteiger partial charge in [0, 0.05) is 23.8 Å². The van der Waals surface area contributed by atoms with Crippen LogP contribution >= 0.6 is 11.6 Å². The van der Waals surface area contributed by atoms with E-state index in [0.29, 0.717) is 23.9 Å². The lowest BCUT2D eigenvalue weighted by Gasteiger charge is -2.29. The number of rotatable bonds is 1. The van der Waals surface area contributed by atoms with Gasteiger partial charge in [-0.1, -0.05) is 29.8 Å². The maximum absolute atomic E-state index is 13.1. The SMILES string of the molecule is O=C1CC(N2CCOCC2)=Nc2ccc(Cl)cc2N1c1ccccc1. The molecule has 4 rings (SSSR count). The van der Waals surface area contributed by atoms with Crippen LogP contribution in [0.5, 0.6) is 0 Å². The van der Waals surface area contributed by atoms with E-state index >= 15 is 0 Å². The van der Waals surface area contributed by atoms with Crippen LogP contribution in [-0.2, 0) is 9.53 Å². The summed E-state index contributed by atoms with van der Waals surface area (Å²) in [5, 5.41) is 0.581. The van der Waals surface area contributed by atoms with Crippen molar-refractivity contribution in [2.45, 2.75) is 6.42 Å². The first-order chi connectivity index (χ1) is 12.2. The van der Waals surface area contributed by atoms with Crippen molar-refractivity contribution >= 4 is 40.4 Å². The van der Waals surface area contributed by atoms with Crippen LogP contribution in [0.15, 0.2) is 53.5 Å². The summed E-state index contributed by atoms with van der Waals surface area (Å²) in [4.78, 5) is 21.7. The summed E-state index contributed by atoms with van der Waals surface area (Å²) < 4.78 is 5.41. The van der Waals surface area contributed by atoms with Crippen LogP contribution in [0.3, 0.4) is 0 Å². The van der Waals surface area contributed by atoms with E-state index < -0.39 is 0 Å². The fraction of sp³-hybridized carbons (Fsp3) is 0.263. The summed E-state index contributed by atoms with van der Waals surface area (Å²) in [6.07, 6.45) is 0.251. The molecule has 2 aliphatic heterocycles. The average molecular weight is 356 g/mol. The van der Waals surface area contributed by atoms with Crippen molar-refractivity contribution in [1.82, 2.24) is 4.90 Å². The van der Waals surface area contributed by atoms with E-state index in [0.717, 1.165) is 30.3 Å². The van der Waals surface area contributed by atoms with Crippen LogP contribution in [0.1, 0.15) is 6.42 Å². The molecule has 2 heterocycles. The molecule has 2 aliphatic rings. The highest BCUT2D eigenvalue weighted by Gasteiger charge is 2.28. The van der Waals surface area contributed by atoms with Gasteiger partial charge in [-0.3, -0.25) is 9.69 Å². The van der Waals surface area contributed by atoms with Crippen LogP contribution in [0.25, 0.3) is 0 Å². The summed E-state index contributed by atoms with van der Waals surface area (Å²) >= 11 is 6.20. The Morgan fingerprint density at radius 2 is 1.80 bits per heavy atom. The van der Waals surface area contributed by atoms with Gasteiger partial charge in [-0.25, -0.2) is 4.99 Å². The molecule has 5 nitrogen and oxygen atoms in total. The molecule has 0 aliphatic carbocycles. The van der Waals surface area contributed by atoms with Crippen molar-refractivity contribution in [3.05, 3.63) is 53.6 Å². The van der Waals surface area contributed by atoms with Gasteiger partial charge in [0.25, 0.3) is 0 Å². The van der Waals surface area contributed by atoms with Crippen LogP contribution in [-0.4, -0.2) is 42.9 Å². The predicted molar refractivity (Wildman–Crippen MR) is 99.1 cm³/mol. The second-order valence-corrected chi connectivity index (χ2v) is 6.44. The Kier molecular flexibility index (Phi) is 4.42. The molecule has 128 valence electrons. The van der Waals surface area contributed by atoms with Crippen molar-refractivity contribution in [3.8, 4) is 0 Å². The molecule has 1 fully saturated rings. The second kappa shape index (κ2) is 6.86. The fourth-order valence-electron chi connectivity index (χ4n) is 3.16. The molecule has 0 radical (unpaired) electrons. The van der Waals surface area contributed by atoms with Crippen molar-refractivity contribution in [2.24, 2.45) is 4.99 Å². The highest BCUT2D eigenvalue weighted by Crippen LogP contribution is 2.39. The number of carbonyl (C=O) groups is 1. The zero-order chi connectivity index (χ0) is 17.2. The number of para-hydroxylation sites is 1. The average Bonchev–Trinajstić information content (AvgIpc) is 2.79. The first-order valence-corrected chi connectivity index (χ1v) is 8.68. The largest absolute Gasteiger partial charge is 0.378 e. The number of benzene rings is 2. The Balaban J connectivity index is 1.80. The lowest BCUT2D eigenvalue weighted by molar-refractivity contribution is -0.116. The summed E-state index contributed by atoms with van der Waals surface area (Å²) in [6.45, 7) is 2.81. The smallest absolute Gasteiger partial charge is 0.239 e. The highest BCUT2D eigenvalue weighted by molar-refractivity contribution is 6.31. The van der Waals surface area contributed by atoms with Crippen molar-refractivity contribution in [3.63, 3.8) is 0 Å². The standard InChI is InChI=1S/C19H18ClN3O2/c20-14-6-7-16-17(12-14)23(15-4-2-1-3-5-15)19(24)13-18(21-16)22-8-10-25-11-9-22/h1-7,12H,8-11,13H2. The minimum absolute atomic E-state index is 0.0162. The number of amidine groups is 1. The molecule has 25 heavy (non-hydrogen) atoms. The lowest BCUT2D eigenvalue weighted by Crippen LogP contribution is -2.42. The van der Waals surface area contributed by atoms with Crippen molar-refractivity contribution < 1.29 is 9.53 Å². The Morgan fingerprint density at radius 1 is 1.04 bits per heavy atom. The van der Waals surface area contributed by atoms with E-state index in [-0.39, 0.29) is 12.3 Å². The third kappa shape index (κ3) is 3.25. The van der Waals surface area contributed by atoms with Crippen LogP contribution < -0.4 is 4.90 Å². The van der Waals surface area contributed by atoms with Gasteiger partial charge in [-0.05, 0) is 30.3 Å². The van der Waals surface area contributed by atoms with Gasteiger partial charge >= 0.3 is 0 Å². The molecule has 0 aromatic heterocycles. The van der Waals surface area contributed by atoms with E-state index in [1.54, 1.807) is 17.0 Å².